The van der Waals surface area contributed by atoms with Crippen LogP contribution in [0.4, 0.5) is 16.2 Å². The Morgan fingerprint density at radius 2 is 1.86 bits per heavy atom. The van der Waals surface area contributed by atoms with E-state index in [-0.39, 0.29) is 6.03 Å². The second kappa shape index (κ2) is 7.13. The summed E-state index contributed by atoms with van der Waals surface area (Å²) in [5.74, 6) is 0.624. The third-order valence-electron chi connectivity index (χ3n) is 3.05. The van der Waals surface area contributed by atoms with E-state index in [4.69, 9.17) is 4.74 Å². The van der Waals surface area contributed by atoms with Crippen LogP contribution in [0, 0.1) is 0 Å². The van der Waals surface area contributed by atoms with Gasteiger partial charge in [0.05, 0.1) is 12.8 Å². The molecule has 110 valence electrons. The minimum atomic E-state index is -0.295. The maximum absolute atomic E-state index is 12.1. The highest BCUT2D eigenvalue weighted by molar-refractivity contribution is 9.10. The number of rotatable bonds is 4. The summed E-state index contributed by atoms with van der Waals surface area (Å²) in [6.45, 7) is 2.05. The number of hydrogen-bond donors (Lipinski definition) is 2. The van der Waals surface area contributed by atoms with Crippen molar-refractivity contribution in [2.24, 2.45) is 0 Å². The molecule has 0 atom stereocenters. The Kier molecular flexibility index (Phi) is 5.22. The number of amides is 2. The number of hydrogen-bond acceptors (Lipinski definition) is 2. The molecule has 4 nitrogen and oxygen atoms in total. The van der Waals surface area contributed by atoms with E-state index >= 15 is 0 Å². The van der Waals surface area contributed by atoms with Gasteiger partial charge in [0.15, 0.2) is 0 Å². The van der Waals surface area contributed by atoms with Crippen molar-refractivity contribution in [1.82, 2.24) is 0 Å². The monoisotopic (exact) mass is 348 g/mol. The maximum atomic E-state index is 12.1. The van der Waals surface area contributed by atoms with Crippen LogP contribution in [0.15, 0.2) is 46.9 Å². The highest BCUT2D eigenvalue weighted by Crippen LogP contribution is 2.24. The van der Waals surface area contributed by atoms with E-state index in [9.17, 15) is 4.79 Å². The number of ether oxygens (including phenoxy) is 1. The molecule has 21 heavy (non-hydrogen) atoms. The number of methoxy groups -OCH3 is 1. The normalized spacial score (nSPS) is 10.0. The van der Waals surface area contributed by atoms with Gasteiger partial charge in [0.2, 0.25) is 0 Å². The van der Waals surface area contributed by atoms with Crippen LogP contribution in [-0.2, 0) is 6.42 Å². The van der Waals surface area contributed by atoms with Crippen molar-refractivity contribution in [1.29, 1.82) is 0 Å². The Morgan fingerprint density at radius 1 is 1.14 bits per heavy atom. The van der Waals surface area contributed by atoms with Crippen LogP contribution in [0.5, 0.6) is 5.75 Å². The van der Waals surface area contributed by atoms with Crippen LogP contribution in [0.25, 0.3) is 0 Å². The Balaban J connectivity index is 2.12. The van der Waals surface area contributed by atoms with Crippen LogP contribution < -0.4 is 15.4 Å². The standard InChI is InChI=1S/C16H17BrN2O2/c1-3-11-10-12(17)8-9-13(11)18-16(20)19-14-6-4-5-7-15(14)21-2/h4-10H,3H2,1-2H3,(H2,18,19,20). The lowest BCUT2D eigenvalue weighted by Gasteiger charge is -2.13. The minimum absolute atomic E-state index is 0.295. The molecule has 0 aromatic heterocycles. The van der Waals surface area contributed by atoms with Crippen molar-refractivity contribution >= 4 is 33.3 Å². The van der Waals surface area contributed by atoms with Gasteiger partial charge in [-0.2, -0.15) is 0 Å². The fourth-order valence-corrected chi connectivity index (χ4v) is 2.41. The molecule has 2 rings (SSSR count). The molecule has 0 fully saturated rings. The van der Waals surface area contributed by atoms with Gasteiger partial charge in [-0.3, -0.25) is 0 Å². The quantitative estimate of drug-likeness (QED) is 0.843. The van der Waals surface area contributed by atoms with E-state index < -0.39 is 0 Å². The van der Waals surface area contributed by atoms with E-state index in [2.05, 4.69) is 26.6 Å². The van der Waals surface area contributed by atoms with Crippen molar-refractivity contribution in [3.05, 3.63) is 52.5 Å². The molecule has 0 spiro atoms. The zero-order valence-corrected chi connectivity index (χ0v) is 13.5. The number of urea groups is 1. The predicted octanol–water partition coefficient (Wildman–Crippen LogP) is 4.66. The molecule has 0 heterocycles. The van der Waals surface area contributed by atoms with Crippen LogP contribution in [0.3, 0.4) is 0 Å². The molecule has 0 unspecified atom stereocenters. The van der Waals surface area contributed by atoms with Crippen molar-refractivity contribution in [3.63, 3.8) is 0 Å². The van der Waals surface area contributed by atoms with E-state index in [0.29, 0.717) is 11.4 Å². The van der Waals surface area contributed by atoms with Gasteiger partial charge in [-0.25, -0.2) is 4.79 Å². The van der Waals surface area contributed by atoms with Crippen molar-refractivity contribution in [3.8, 4) is 5.75 Å². The van der Waals surface area contributed by atoms with Crippen molar-refractivity contribution in [2.45, 2.75) is 13.3 Å². The SMILES string of the molecule is CCc1cc(Br)ccc1NC(=O)Nc1ccccc1OC. The third kappa shape index (κ3) is 3.98. The first kappa shape index (κ1) is 15.4. The van der Waals surface area contributed by atoms with Crippen LogP contribution in [0.1, 0.15) is 12.5 Å². The highest BCUT2D eigenvalue weighted by atomic mass is 79.9. The number of carbonyl (C=O) groups is 1. The zero-order chi connectivity index (χ0) is 15.2. The number of benzene rings is 2. The lowest BCUT2D eigenvalue weighted by molar-refractivity contribution is 0.262. The molecule has 2 N–H and O–H groups in total. The summed E-state index contributed by atoms with van der Waals surface area (Å²) in [4.78, 5) is 12.1. The van der Waals surface area contributed by atoms with Crippen LogP contribution >= 0.6 is 15.9 Å². The lowest BCUT2D eigenvalue weighted by Crippen LogP contribution is -2.20. The smallest absolute Gasteiger partial charge is 0.323 e. The molecule has 2 amide bonds. The van der Waals surface area contributed by atoms with Gasteiger partial charge < -0.3 is 15.4 Å². The molecule has 0 saturated heterocycles. The first-order valence-corrected chi connectivity index (χ1v) is 7.42. The Labute approximate surface area is 132 Å². The first-order chi connectivity index (χ1) is 10.1. The summed E-state index contributed by atoms with van der Waals surface area (Å²) in [7, 11) is 1.57. The van der Waals surface area contributed by atoms with Gasteiger partial charge in [0, 0.05) is 10.2 Å². The average Bonchev–Trinajstić information content (AvgIpc) is 2.49. The predicted molar refractivity (Wildman–Crippen MR) is 89.2 cm³/mol. The zero-order valence-electron chi connectivity index (χ0n) is 11.9. The second-order valence-electron chi connectivity index (χ2n) is 4.43. The summed E-state index contributed by atoms with van der Waals surface area (Å²) in [5, 5.41) is 5.65. The molecular weight excluding hydrogens is 332 g/mol. The molecule has 0 aliphatic rings. The average molecular weight is 349 g/mol. The minimum Gasteiger partial charge on any atom is -0.495 e. The molecule has 0 aliphatic heterocycles. The van der Waals surface area contributed by atoms with Crippen molar-refractivity contribution < 1.29 is 9.53 Å². The number of para-hydroxylation sites is 2. The van der Waals surface area contributed by atoms with Crippen LogP contribution in [-0.4, -0.2) is 13.1 Å². The van der Waals surface area contributed by atoms with E-state index in [1.165, 1.54) is 0 Å². The summed E-state index contributed by atoms with van der Waals surface area (Å²) in [6, 6.07) is 12.8. The van der Waals surface area contributed by atoms with Gasteiger partial charge in [-0.1, -0.05) is 35.0 Å². The van der Waals surface area contributed by atoms with E-state index in [0.717, 1.165) is 22.1 Å². The number of halogens is 1. The van der Waals surface area contributed by atoms with Gasteiger partial charge in [-0.15, -0.1) is 0 Å². The number of anilines is 2. The third-order valence-corrected chi connectivity index (χ3v) is 3.54. The molecule has 0 bridgehead atoms. The number of carbonyl (C=O) groups excluding carboxylic acids is 1. The fraction of sp³-hybridized carbons (Fsp3) is 0.188. The highest BCUT2D eigenvalue weighted by Gasteiger charge is 2.09. The Hall–Kier alpha value is -2.01. The second-order valence-corrected chi connectivity index (χ2v) is 5.35. The van der Waals surface area contributed by atoms with E-state index in [1.54, 1.807) is 19.2 Å². The molecule has 0 aliphatic carbocycles. The summed E-state index contributed by atoms with van der Waals surface area (Å²) in [6.07, 6.45) is 0.837. The molecular formula is C16H17BrN2O2. The fourth-order valence-electron chi connectivity index (χ4n) is 2.00. The molecule has 2 aromatic rings. The van der Waals surface area contributed by atoms with Crippen molar-refractivity contribution in [2.75, 3.05) is 17.7 Å². The Morgan fingerprint density at radius 3 is 2.57 bits per heavy atom. The maximum Gasteiger partial charge on any atom is 0.323 e. The summed E-state index contributed by atoms with van der Waals surface area (Å²) < 4.78 is 6.20. The number of aryl methyl sites for hydroxylation is 1. The summed E-state index contributed by atoms with van der Waals surface area (Å²) in [5.41, 5.74) is 2.50. The van der Waals surface area contributed by atoms with E-state index in [1.807, 2.05) is 37.3 Å². The lowest BCUT2D eigenvalue weighted by atomic mass is 10.1. The summed E-state index contributed by atoms with van der Waals surface area (Å²) >= 11 is 3.43. The van der Waals surface area contributed by atoms with Gasteiger partial charge in [0.25, 0.3) is 0 Å². The number of nitrogens with one attached hydrogen (secondary N) is 2. The van der Waals surface area contributed by atoms with Gasteiger partial charge >= 0.3 is 6.03 Å². The van der Waals surface area contributed by atoms with Gasteiger partial charge in [0.1, 0.15) is 5.75 Å². The molecule has 5 heteroatoms. The molecule has 0 radical (unpaired) electrons. The first-order valence-electron chi connectivity index (χ1n) is 6.63. The largest absolute Gasteiger partial charge is 0.495 e. The topological polar surface area (TPSA) is 50.4 Å². The Bertz CT molecular complexity index is 644. The van der Waals surface area contributed by atoms with Crippen LogP contribution in [0.2, 0.25) is 0 Å². The molecule has 2 aromatic carbocycles. The molecule has 0 saturated carbocycles. The van der Waals surface area contributed by atoms with Gasteiger partial charge in [-0.05, 0) is 42.3 Å².